The molecule has 124 valence electrons. The van der Waals surface area contributed by atoms with Crippen molar-refractivity contribution in [3.05, 3.63) is 18.0 Å². The van der Waals surface area contributed by atoms with E-state index in [4.69, 9.17) is 9.39 Å². The molecule has 0 saturated heterocycles. The third-order valence-electron chi connectivity index (χ3n) is 3.53. The first kappa shape index (κ1) is 18.7. The first-order valence-corrected chi connectivity index (χ1v) is 7.23. The van der Waals surface area contributed by atoms with Crippen LogP contribution in [0.4, 0.5) is 0 Å². The van der Waals surface area contributed by atoms with E-state index in [0.29, 0.717) is 0 Å². The number of aliphatic hydroxyl groups is 1. The smallest absolute Gasteiger partial charge is 0.455 e. The number of carbonyl (C=O) groups excluding carboxylic acids is 1. The molecule has 1 heterocycles. The second-order valence-corrected chi connectivity index (χ2v) is 7.35. The normalized spacial score (nSPS) is 13.1. The van der Waals surface area contributed by atoms with Crippen molar-refractivity contribution >= 4 is 18.6 Å². The highest BCUT2D eigenvalue weighted by molar-refractivity contribution is 6.61. The number of carbonyl (C=O) groups is 1. The van der Waals surface area contributed by atoms with Crippen LogP contribution in [0.15, 0.2) is 12.3 Å². The number of rotatable bonds is 5. The van der Waals surface area contributed by atoms with E-state index in [-0.39, 0.29) is 11.2 Å². The van der Waals surface area contributed by atoms with Crippen LogP contribution in [0.25, 0.3) is 0 Å². The van der Waals surface area contributed by atoms with Gasteiger partial charge in [0.05, 0.1) is 11.2 Å². The van der Waals surface area contributed by atoms with E-state index in [2.05, 4.69) is 4.98 Å². The molecule has 0 radical (unpaired) electrons. The van der Waals surface area contributed by atoms with Crippen LogP contribution < -0.4 is 5.46 Å². The summed E-state index contributed by atoms with van der Waals surface area (Å²) in [6, 6.07) is 1.55. The molecule has 0 aromatic carbocycles. The van der Waals surface area contributed by atoms with Gasteiger partial charge in [0, 0.05) is 11.7 Å². The van der Waals surface area contributed by atoms with E-state index in [1.165, 1.54) is 6.20 Å². The standard InChI is InChI=1S/C15H26BNO5/c1-13(2,3)21-12(18)11-10(8-9-17-11)16(20)22-15(6,7)14(4,5)19/h8-9,17,19-20H,1-7H3. The number of H-pyrrole nitrogens is 1. The first-order valence-electron chi connectivity index (χ1n) is 7.23. The first-order chi connectivity index (χ1) is 9.74. The van der Waals surface area contributed by atoms with Crippen LogP contribution in [0.3, 0.4) is 0 Å². The summed E-state index contributed by atoms with van der Waals surface area (Å²) in [7, 11) is -1.37. The Labute approximate surface area is 132 Å². The van der Waals surface area contributed by atoms with Crippen molar-refractivity contribution in [1.82, 2.24) is 4.98 Å². The van der Waals surface area contributed by atoms with Gasteiger partial charge in [-0.3, -0.25) is 0 Å². The van der Waals surface area contributed by atoms with Crippen LogP contribution in [-0.2, 0) is 9.39 Å². The van der Waals surface area contributed by atoms with Gasteiger partial charge in [-0.15, -0.1) is 0 Å². The molecule has 1 aromatic heterocycles. The number of ether oxygens (including phenoxy) is 1. The van der Waals surface area contributed by atoms with Crippen molar-refractivity contribution in [3.63, 3.8) is 0 Å². The minimum atomic E-state index is -1.37. The summed E-state index contributed by atoms with van der Waals surface area (Å²) in [5.74, 6) is -0.573. The zero-order valence-corrected chi connectivity index (χ0v) is 14.4. The minimum Gasteiger partial charge on any atom is -0.455 e. The summed E-state index contributed by atoms with van der Waals surface area (Å²) in [6.07, 6.45) is 1.53. The Kier molecular flexibility index (Phi) is 5.17. The molecule has 0 aliphatic rings. The third kappa shape index (κ3) is 4.59. The van der Waals surface area contributed by atoms with E-state index in [0.717, 1.165) is 0 Å². The summed E-state index contributed by atoms with van der Waals surface area (Å²) in [4.78, 5) is 14.9. The van der Waals surface area contributed by atoms with Gasteiger partial charge >= 0.3 is 13.1 Å². The molecule has 0 aliphatic carbocycles. The van der Waals surface area contributed by atoms with Gasteiger partial charge < -0.3 is 24.5 Å². The molecule has 0 amide bonds. The minimum absolute atomic E-state index is 0.133. The summed E-state index contributed by atoms with van der Waals surface area (Å²) in [6.45, 7) is 11.8. The van der Waals surface area contributed by atoms with Crippen molar-refractivity contribution in [2.24, 2.45) is 0 Å². The van der Waals surface area contributed by atoms with Crippen LogP contribution in [0.5, 0.6) is 0 Å². The zero-order valence-electron chi connectivity index (χ0n) is 14.4. The van der Waals surface area contributed by atoms with E-state index >= 15 is 0 Å². The summed E-state index contributed by atoms with van der Waals surface area (Å²) in [5.41, 5.74) is -2.43. The summed E-state index contributed by atoms with van der Waals surface area (Å²) in [5, 5.41) is 20.4. The molecule has 3 N–H and O–H groups in total. The Morgan fingerprint density at radius 1 is 1.18 bits per heavy atom. The molecule has 6 nitrogen and oxygen atoms in total. The topological polar surface area (TPSA) is 91.8 Å². The molecule has 0 aliphatic heterocycles. The van der Waals surface area contributed by atoms with Gasteiger partial charge in [0.1, 0.15) is 11.3 Å². The Balaban J connectivity index is 2.96. The van der Waals surface area contributed by atoms with Crippen molar-refractivity contribution < 1.29 is 24.3 Å². The average molecular weight is 311 g/mol. The molecule has 0 saturated carbocycles. The largest absolute Gasteiger partial charge is 0.494 e. The molecule has 1 aromatic rings. The quantitative estimate of drug-likeness (QED) is 0.562. The predicted octanol–water partition coefficient (Wildman–Crippen LogP) is 1.22. The molecule has 0 bridgehead atoms. The van der Waals surface area contributed by atoms with Gasteiger partial charge in [-0.2, -0.15) is 0 Å². The maximum atomic E-state index is 12.1. The molecule has 1 rings (SSSR count). The maximum absolute atomic E-state index is 12.1. The summed E-state index contributed by atoms with van der Waals surface area (Å²) < 4.78 is 10.8. The van der Waals surface area contributed by atoms with E-state index in [1.807, 2.05) is 0 Å². The highest BCUT2D eigenvalue weighted by atomic mass is 16.6. The predicted molar refractivity (Wildman–Crippen MR) is 85.0 cm³/mol. The fourth-order valence-corrected chi connectivity index (χ4v) is 1.58. The highest BCUT2D eigenvalue weighted by Gasteiger charge is 2.41. The number of hydrogen-bond acceptors (Lipinski definition) is 5. The van der Waals surface area contributed by atoms with Crippen molar-refractivity contribution in [1.29, 1.82) is 0 Å². The van der Waals surface area contributed by atoms with Gasteiger partial charge in [0.25, 0.3) is 0 Å². The van der Waals surface area contributed by atoms with Gasteiger partial charge in [-0.05, 0) is 54.5 Å². The molecular weight excluding hydrogens is 285 g/mol. The van der Waals surface area contributed by atoms with Crippen LogP contribution in [0.2, 0.25) is 0 Å². The molecule has 0 spiro atoms. The van der Waals surface area contributed by atoms with Crippen LogP contribution in [-0.4, -0.2) is 45.0 Å². The Bertz CT molecular complexity index is 525. The number of nitrogens with one attached hydrogen (secondary N) is 1. The van der Waals surface area contributed by atoms with Gasteiger partial charge in [0.2, 0.25) is 0 Å². The lowest BCUT2D eigenvalue weighted by Crippen LogP contribution is -2.53. The van der Waals surface area contributed by atoms with Gasteiger partial charge in [-0.25, -0.2) is 4.79 Å². The number of esters is 1. The average Bonchev–Trinajstić information content (AvgIpc) is 2.72. The maximum Gasteiger partial charge on any atom is 0.494 e. The Morgan fingerprint density at radius 3 is 2.18 bits per heavy atom. The lowest BCUT2D eigenvalue weighted by Gasteiger charge is -2.38. The number of aromatic nitrogens is 1. The van der Waals surface area contributed by atoms with Crippen molar-refractivity contribution in [2.75, 3.05) is 0 Å². The van der Waals surface area contributed by atoms with E-state index in [1.54, 1.807) is 54.5 Å². The highest BCUT2D eigenvalue weighted by Crippen LogP contribution is 2.25. The second kappa shape index (κ2) is 6.06. The molecule has 0 atom stereocenters. The third-order valence-corrected chi connectivity index (χ3v) is 3.53. The fraction of sp³-hybridized carbons (Fsp3) is 0.667. The molecule has 0 fully saturated rings. The molecule has 0 unspecified atom stereocenters. The van der Waals surface area contributed by atoms with Gasteiger partial charge in [0.15, 0.2) is 0 Å². The molecule has 22 heavy (non-hydrogen) atoms. The monoisotopic (exact) mass is 311 g/mol. The van der Waals surface area contributed by atoms with Crippen LogP contribution in [0, 0.1) is 0 Å². The SMILES string of the molecule is CC(C)(C)OC(=O)c1[nH]ccc1B(O)OC(C)(C)C(C)(C)O. The molecular formula is C15H26BNO5. The lowest BCUT2D eigenvalue weighted by molar-refractivity contribution is -0.0982. The van der Waals surface area contributed by atoms with E-state index in [9.17, 15) is 14.9 Å². The number of hydrogen-bond donors (Lipinski definition) is 3. The zero-order chi connectivity index (χ0) is 17.3. The Hall–Kier alpha value is -1.31. The fourth-order valence-electron chi connectivity index (χ4n) is 1.58. The van der Waals surface area contributed by atoms with Crippen LogP contribution in [0.1, 0.15) is 59.0 Å². The lowest BCUT2D eigenvalue weighted by atomic mass is 9.76. The second-order valence-electron chi connectivity index (χ2n) is 7.35. The molecule has 7 heteroatoms. The summed E-state index contributed by atoms with van der Waals surface area (Å²) >= 11 is 0. The Morgan fingerprint density at radius 2 is 1.73 bits per heavy atom. The van der Waals surface area contributed by atoms with E-state index < -0.39 is 29.9 Å². The van der Waals surface area contributed by atoms with Crippen molar-refractivity contribution in [2.45, 2.75) is 65.3 Å². The van der Waals surface area contributed by atoms with Crippen LogP contribution >= 0.6 is 0 Å². The van der Waals surface area contributed by atoms with Gasteiger partial charge in [-0.1, -0.05) is 0 Å². The number of aromatic amines is 1. The van der Waals surface area contributed by atoms with Crippen molar-refractivity contribution in [3.8, 4) is 0 Å².